The zero-order valence-corrected chi connectivity index (χ0v) is 14.0. The van der Waals surface area contributed by atoms with Crippen molar-refractivity contribution in [1.29, 1.82) is 0 Å². The first-order valence-electron chi connectivity index (χ1n) is 7.32. The molecule has 3 unspecified atom stereocenters. The van der Waals surface area contributed by atoms with Gasteiger partial charge in [0.15, 0.2) is 0 Å². The van der Waals surface area contributed by atoms with Gasteiger partial charge >= 0.3 is 11.9 Å². The van der Waals surface area contributed by atoms with Gasteiger partial charge in [0, 0.05) is 4.91 Å². The highest BCUT2D eigenvalue weighted by Gasteiger charge is 2.57. The first-order chi connectivity index (χ1) is 11.1. The Bertz CT molecular complexity index is 640. The fourth-order valence-electron chi connectivity index (χ4n) is 2.79. The van der Waals surface area contributed by atoms with E-state index in [9.17, 15) is 24.6 Å². The average molecular weight is 357 g/mol. The van der Waals surface area contributed by atoms with Crippen molar-refractivity contribution in [3.8, 4) is 0 Å². The average Bonchev–Trinajstić information content (AvgIpc) is 2.76. The molecule has 2 rings (SSSR count). The van der Waals surface area contributed by atoms with Gasteiger partial charge in [0.25, 0.3) is 0 Å². The molecule has 0 aromatic rings. The second-order valence-corrected chi connectivity index (χ2v) is 6.93. The summed E-state index contributed by atoms with van der Waals surface area (Å²) in [5.74, 6) is -3.35. The Morgan fingerprint density at radius 3 is 2.50 bits per heavy atom. The number of carboxylic acid groups (broad SMARTS) is 2. The number of carbonyl (C=O) groups is 3. The monoisotopic (exact) mass is 357 g/mol. The van der Waals surface area contributed by atoms with Gasteiger partial charge in [-0.25, -0.2) is 9.59 Å². The van der Waals surface area contributed by atoms with Gasteiger partial charge in [0.2, 0.25) is 5.91 Å². The SMILES string of the molecule is CC(N)=NC(CCC1=C(C(=O)O)N2C(=O)C(C(C)O)[C@H]2S1)C(=O)O. The molecule has 9 nitrogen and oxygen atoms in total. The van der Waals surface area contributed by atoms with Crippen molar-refractivity contribution in [3.63, 3.8) is 0 Å². The van der Waals surface area contributed by atoms with Crippen LogP contribution in [0.15, 0.2) is 15.6 Å². The number of amidine groups is 1. The van der Waals surface area contributed by atoms with E-state index < -0.39 is 41.3 Å². The van der Waals surface area contributed by atoms with Crippen LogP contribution in [0.5, 0.6) is 0 Å². The van der Waals surface area contributed by atoms with Gasteiger partial charge < -0.3 is 21.1 Å². The van der Waals surface area contributed by atoms with Crippen LogP contribution in [-0.4, -0.2) is 61.4 Å². The number of hydrogen-bond donors (Lipinski definition) is 4. The predicted molar refractivity (Wildman–Crippen MR) is 86.0 cm³/mol. The van der Waals surface area contributed by atoms with Crippen LogP contribution in [0.2, 0.25) is 0 Å². The van der Waals surface area contributed by atoms with Crippen LogP contribution in [-0.2, 0) is 14.4 Å². The molecule has 2 heterocycles. The summed E-state index contributed by atoms with van der Waals surface area (Å²) in [6.07, 6.45) is -0.666. The molecular weight excluding hydrogens is 338 g/mol. The minimum Gasteiger partial charge on any atom is -0.480 e. The van der Waals surface area contributed by atoms with E-state index in [1.807, 2.05) is 0 Å². The molecule has 0 bridgehead atoms. The largest absolute Gasteiger partial charge is 0.480 e. The zero-order valence-electron chi connectivity index (χ0n) is 13.2. The molecule has 24 heavy (non-hydrogen) atoms. The molecule has 0 aliphatic carbocycles. The Hall–Kier alpha value is -2.07. The summed E-state index contributed by atoms with van der Waals surface area (Å²) in [5.41, 5.74) is 5.27. The van der Waals surface area contributed by atoms with E-state index in [0.29, 0.717) is 4.91 Å². The van der Waals surface area contributed by atoms with Gasteiger partial charge in [-0.1, -0.05) is 0 Å². The minimum absolute atomic E-state index is 0.0665. The van der Waals surface area contributed by atoms with E-state index in [1.54, 1.807) is 0 Å². The summed E-state index contributed by atoms with van der Waals surface area (Å²) >= 11 is 1.18. The molecule has 0 aromatic carbocycles. The molecule has 132 valence electrons. The van der Waals surface area contributed by atoms with E-state index >= 15 is 0 Å². The molecular formula is C14H19N3O6S. The van der Waals surface area contributed by atoms with E-state index in [-0.39, 0.29) is 24.4 Å². The number of allylic oxidation sites excluding steroid dienone is 1. The number of fused-ring (bicyclic) bond motifs is 1. The summed E-state index contributed by atoms with van der Waals surface area (Å²) in [6.45, 7) is 2.96. The van der Waals surface area contributed by atoms with Gasteiger partial charge in [0.05, 0.1) is 17.9 Å². The number of β-lactam (4-membered cyclic amide) rings is 1. The summed E-state index contributed by atoms with van der Waals surface area (Å²) < 4.78 is 0. The number of aliphatic hydroxyl groups is 1. The Labute approximate surface area is 142 Å². The molecule has 0 saturated carbocycles. The maximum Gasteiger partial charge on any atom is 0.353 e. The smallest absolute Gasteiger partial charge is 0.353 e. The molecule has 1 saturated heterocycles. The van der Waals surface area contributed by atoms with E-state index in [1.165, 1.54) is 25.6 Å². The maximum atomic E-state index is 12.1. The normalized spacial score (nSPS) is 26.0. The molecule has 2 aliphatic heterocycles. The Morgan fingerprint density at radius 2 is 2.04 bits per heavy atom. The number of nitrogens with zero attached hydrogens (tertiary/aromatic N) is 2. The third-order valence-electron chi connectivity index (χ3n) is 3.86. The van der Waals surface area contributed by atoms with Gasteiger partial charge in [-0.15, -0.1) is 11.8 Å². The second kappa shape index (κ2) is 6.81. The zero-order chi connectivity index (χ0) is 18.2. The quantitative estimate of drug-likeness (QED) is 0.278. The van der Waals surface area contributed by atoms with Crippen LogP contribution < -0.4 is 5.73 Å². The fraction of sp³-hybridized carbons (Fsp3) is 0.571. The molecule has 1 amide bonds. The number of hydrogen-bond acceptors (Lipinski definition) is 6. The van der Waals surface area contributed by atoms with Gasteiger partial charge in [-0.3, -0.25) is 14.7 Å². The number of amides is 1. The highest BCUT2D eigenvalue weighted by atomic mass is 32.2. The molecule has 0 aromatic heterocycles. The van der Waals surface area contributed by atoms with Crippen molar-refractivity contribution in [2.24, 2.45) is 16.6 Å². The first-order valence-corrected chi connectivity index (χ1v) is 8.20. The van der Waals surface area contributed by atoms with Gasteiger partial charge in [-0.05, 0) is 26.7 Å². The Kier molecular flexibility index (Phi) is 5.19. The minimum atomic E-state index is -1.25. The number of nitrogens with two attached hydrogens (primary N) is 1. The molecule has 4 atom stereocenters. The number of carboxylic acids is 2. The van der Waals surface area contributed by atoms with E-state index in [2.05, 4.69) is 4.99 Å². The molecule has 10 heteroatoms. The number of aliphatic imine (C=N–C) groups is 1. The molecule has 1 fully saturated rings. The van der Waals surface area contributed by atoms with E-state index in [4.69, 9.17) is 10.8 Å². The van der Waals surface area contributed by atoms with Crippen molar-refractivity contribution in [2.45, 2.75) is 44.2 Å². The predicted octanol–water partition coefficient (Wildman–Crippen LogP) is -0.195. The second-order valence-electron chi connectivity index (χ2n) is 5.72. The third kappa shape index (κ3) is 3.24. The number of aliphatic hydroxyl groups excluding tert-OH is 1. The number of thioether (sulfide) groups is 1. The topological polar surface area (TPSA) is 154 Å². The van der Waals surface area contributed by atoms with Crippen LogP contribution >= 0.6 is 11.8 Å². The lowest BCUT2D eigenvalue weighted by Crippen LogP contribution is -2.60. The summed E-state index contributed by atoms with van der Waals surface area (Å²) in [5, 5.41) is 27.7. The van der Waals surface area contributed by atoms with Crippen LogP contribution in [0, 0.1) is 5.92 Å². The number of aliphatic carboxylic acids is 2. The van der Waals surface area contributed by atoms with Gasteiger partial charge in [0.1, 0.15) is 17.1 Å². The van der Waals surface area contributed by atoms with Crippen molar-refractivity contribution in [2.75, 3.05) is 0 Å². The maximum absolute atomic E-state index is 12.1. The van der Waals surface area contributed by atoms with Crippen LogP contribution in [0.1, 0.15) is 26.7 Å². The molecule has 0 spiro atoms. The summed E-state index contributed by atoms with van der Waals surface area (Å²) in [4.78, 5) is 40.1. The fourth-order valence-corrected chi connectivity index (χ4v) is 4.42. The summed E-state index contributed by atoms with van der Waals surface area (Å²) in [6, 6.07) is -1.07. The lowest BCUT2D eigenvalue weighted by atomic mass is 9.92. The van der Waals surface area contributed by atoms with Crippen LogP contribution in [0.4, 0.5) is 0 Å². The lowest BCUT2D eigenvalue weighted by Gasteiger charge is -2.43. The summed E-state index contributed by atoms with van der Waals surface area (Å²) in [7, 11) is 0. The molecule has 0 radical (unpaired) electrons. The highest BCUT2D eigenvalue weighted by Crippen LogP contribution is 2.51. The number of rotatable bonds is 7. The van der Waals surface area contributed by atoms with Crippen molar-refractivity contribution in [1.82, 2.24) is 4.90 Å². The Balaban J connectivity index is 2.17. The first kappa shape index (κ1) is 18.3. The number of carbonyl (C=O) groups excluding carboxylic acids is 1. The van der Waals surface area contributed by atoms with Gasteiger partial charge in [-0.2, -0.15) is 0 Å². The standard InChI is InChI=1S/C14H19N3O6S/c1-5(18)9-11(19)17-10(14(22)23)8(24-12(9)17)4-3-7(13(20)21)16-6(2)15/h5,7,9,12,18H,3-4H2,1-2H3,(H2,15,16)(H,20,21)(H,22,23)/t5?,7?,9?,12-/m1/s1. The highest BCUT2D eigenvalue weighted by molar-refractivity contribution is 8.04. The Morgan fingerprint density at radius 1 is 1.42 bits per heavy atom. The molecule has 2 aliphatic rings. The van der Waals surface area contributed by atoms with Crippen molar-refractivity contribution in [3.05, 3.63) is 10.6 Å². The molecule has 5 N–H and O–H groups in total. The lowest BCUT2D eigenvalue weighted by molar-refractivity contribution is -0.156. The van der Waals surface area contributed by atoms with Crippen LogP contribution in [0.25, 0.3) is 0 Å². The van der Waals surface area contributed by atoms with Crippen molar-refractivity contribution < 1.29 is 29.7 Å². The third-order valence-corrected chi connectivity index (χ3v) is 5.29. The van der Waals surface area contributed by atoms with E-state index in [0.717, 1.165) is 4.90 Å². The van der Waals surface area contributed by atoms with Crippen LogP contribution in [0.3, 0.4) is 0 Å². The van der Waals surface area contributed by atoms with Crippen molar-refractivity contribution >= 4 is 35.4 Å².